The van der Waals surface area contributed by atoms with Gasteiger partial charge in [0.05, 0.1) is 12.3 Å². The zero-order valence-electron chi connectivity index (χ0n) is 35.7. The standard InChI is InChI=1S/C60H48N2/c1-59(2)51-23-13-12-21-48(51)58-49(22-14-24-53(58)59)56(62-37-38-15-6-5-7-16-38)36-55(61)47-32-31-43(45-19-10-11-20-46(45)47)41-27-25-39(26-28-41)42-30-33-52-50(35-42)57-44-18-9-8-17-40(44)29-34-54(57)60(52,3)4/h5-36H,37,61H2,1-4H3/b55-36-,62-56?. The molecular weight excluding hydrogens is 749 g/mol. The van der Waals surface area contributed by atoms with Crippen LogP contribution in [0.2, 0.25) is 0 Å². The summed E-state index contributed by atoms with van der Waals surface area (Å²) >= 11 is 0. The van der Waals surface area contributed by atoms with E-state index in [-0.39, 0.29) is 10.8 Å². The monoisotopic (exact) mass is 796 g/mol. The summed E-state index contributed by atoms with van der Waals surface area (Å²) in [4.78, 5) is 5.32. The molecule has 9 aromatic rings. The zero-order chi connectivity index (χ0) is 42.2. The maximum atomic E-state index is 7.23. The molecule has 2 aliphatic carbocycles. The molecule has 62 heavy (non-hydrogen) atoms. The predicted molar refractivity (Wildman–Crippen MR) is 263 cm³/mol. The molecule has 2 nitrogen and oxygen atoms in total. The molecule has 0 saturated carbocycles. The van der Waals surface area contributed by atoms with E-state index < -0.39 is 0 Å². The van der Waals surface area contributed by atoms with Crippen LogP contribution in [0.15, 0.2) is 199 Å². The minimum atomic E-state index is -0.119. The molecule has 0 bridgehead atoms. The Bertz CT molecular complexity index is 3310. The Labute approximate surface area is 364 Å². The van der Waals surface area contributed by atoms with Crippen molar-refractivity contribution in [3.05, 3.63) is 233 Å². The first-order chi connectivity index (χ1) is 30.2. The highest BCUT2D eigenvalue weighted by molar-refractivity contribution is 6.17. The van der Waals surface area contributed by atoms with Crippen molar-refractivity contribution in [1.29, 1.82) is 0 Å². The van der Waals surface area contributed by atoms with Crippen molar-refractivity contribution in [3.63, 3.8) is 0 Å². The van der Waals surface area contributed by atoms with Crippen molar-refractivity contribution >= 4 is 33.0 Å². The normalized spacial score (nSPS) is 14.7. The molecule has 0 fully saturated rings. The number of hydrogen-bond donors (Lipinski definition) is 1. The van der Waals surface area contributed by atoms with Crippen LogP contribution in [-0.2, 0) is 17.4 Å². The average molecular weight is 797 g/mol. The molecule has 2 heteroatoms. The molecule has 0 aliphatic heterocycles. The van der Waals surface area contributed by atoms with Crippen LogP contribution in [-0.4, -0.2) is 5.71 Å². The summed E-state index contributed by atoms with van der Waals surface area (Å²) in [7, 11) is 0. The quantitative estimate of drug-likeness (QED) is 0.160. The summed E-state index contributed by atoms with van der Waals surface area (Å²) in [5, 5.41) is 4.88. The van der Waals surface area contributed by atoms with Gasteiger partial charge in [-0.25, -0.2) is 0 Å². The second-order valence-electron chi connectivity index (χ2n) is 18.1. The molecule has 0 radical (unpaired) electrons. The van der Waals surface area contributed by atoms with Crippen molar-refractivity contribution in [2.24, 2.45) is 10.7 Å². The second kappa shape index (κ2) is 14.4. The molecular formula is C60H48N2. The van der Waals surface area contributed by atoms with Crippen LogP contribution in [0, 0.1) is 0 Å². The fourth-order valence-electron chi connectivity index (χ4n) is 10.5. The van der Waals surface area contributed by atoms with Crippen LogP contribution >= 0.6 is 0 Å². The number of nitrogens with zero attached hydrogens (tertiary/aromatic N) is 1. The van der Waals surface area contributed by atoms with Gasteiger partial charge in [-0.2, -0.15) is 0 Å². The van der Waals surface area contributed by atoms with E-state index in [0.717, 1.165) is 33.2 Å². The Kier molecular flexibility index (Phi) is 8.77. The second-order valence-corrected chi connectivity index (χ2v) is 18.1. The largest absolute Gasteiger partial charge is 0.398 e. The molecule has 0 amide bonds. The molecule has 0 atom stereocenters. The number of rotatable bonds is 7. The number of nitrogens with two attached hydrogens (primary N) is 1. The van der Waals surface area contributed by atoms with Crippen molar-refractivity contribution in [1.82, 2.24) is 0 Å². The fraction of sp³-hybridized carbons (Fsp3) is 0.117. The number of allylic oxidation sites excluding steroid dienone is 1. The number of benzene rings is 9. The lowest BCUT2D eigenvalue weighted by Crippen LogP contribution is -2.15. The Balaban J connectivity index is 0.969. The Morgan fingerprint density at radius 3 is 1.87 bits per heavy atom. The lowest BCUT2D eigenvalue weighted by atomic mass is 9.82. The van der Waals surface area contributed by atoms with E-state index in [1.165, 1.54) is 77.5 Å². The molecule has 0 heterocycles. The van der Waals surface area contributed by atoms with Gasteiger partial charge in [0.25, 0.3) is 0 Å². The fourth-order valence-corrected chi connectivity index (χ4v) is 10.5. The maximum Gasteiger partial charge on any atom is 0.0677 e. The molecule has 9 aromatic carbocycles. The third-order valence-corrected chi connectivity index (χ3v) is 13.8. The van der Waals surface area contributed by atoms with Crippen LogP contribution in [0.1, 0.15) is 66.6 Å². The van der Waals surface area contributed by atoms with Gasteiger partial charge in [0.15, 0.2) is 0 Å². The van der Waals surface area contributed by atoms with E-state index in [4.69, 9.17) is 10.7 Å². The van der Waals surface area contributed by atoms with Crippen molar-refractivity contribution in [2.45, 2.75) is 45.1 Å². The summed E-state index contributed by atoms with van der Waals surface area (Å²) in [5.41, 5.74) is 27.3. The van der Waals surface area contributed by atoms with Gasteiger partial charge >= 0.3 is 0 Å². The number of aliphatic imine (C=N–C) groups is 1. The van der Waals surface area contributed by atoms with Gasteiger partial charge < -0.3 is 5.73 Å². The van der Waals surface area contributed by atoms with E-state index in [9.17, 15) is 0 Å². The van der Waals surface area contributed by atoms with Gasteiger partial charge in [0.1, 0.15) is 0 Å². The molecule has 298 valence electrons. The smallest absolute Gasteiger partial charge is 0.0677 e. The van der Waals surface area contributed by atoms with Crippen LogP contribution in [0.4, 0.5) is 0 Å². The predicted octanol–water partition coefficient (Wildman–Crippen LogP) is 14.9. The molecule has 2 N–H and O–H groups in total. The van der Waals surface area contributed by atoms with Gasteiger partial charge in [-0.3, -0.25) is 4.99 Å². The Morgan fingerprint density at radius 2 is 1.06 bits per heavy atom. The van der Waals surface area contributed by atoms with E-state index in [1.54, 1.807) is 0 Å². The molecule has 11 rings (SSSR count). The first kappa shape index (κ1) is 37.7. The first-order valence-electron chi connectivity index (χ1n) is 21.8. The van der Waals surface area contributed by atoms with Crippen molar-refractivity contribution in [2.75, 3.05) is 0 Å². The van der Waals surface area contributed by atoms with Gasteiger partial charge in [-0.1, -0.05) is 210 Å². The summed E-state index contributed by atoms with van der Waals surface area (Å²) in [5.74, 6) is 0. The molecule has 0 spiro atoms. The summed E-state index contributed by atoms with van der Waals surface area (Å²) < 4.78 is 0. The van der Waals surface area contributed by atoms with E-state index in [1.807, 2.05) is 6.07 Å². The van der Waals surface area contributed by atoms with Crippen LogP contribution in [0.25, 0.3) is 71.7 Å². The summed E-state index contributed by atoms with van der Waals surface area (Å²) in [6.07, 6.45) is 2.10. The number of hydrogen-bond acceptors (Lipinski definition) is 2. The topological polar surface area (TPSA) is 38.4 Å². The lowest BCUT2D eigenvalue weighted by Gasteiger charge is -2.21. The molecule has 0 saturated heterocycles. The maximum absolute atomic E-state index is 7.23. The highest BCUT2D eigenvalue weighted by Crippen LogP contribution is 2.53. The third kappa shape index (κ3) is 5.97. The van der Waals surface area contributed by atoms with E-state index in [0.29, 0.717) is 12.2 Å². The van der Waals surface area contributed by atoms with Crippen molar-refractivity contribution < 1.29 is 0 Å². The average Bonchev–Trinajstić information content (AvgIpc) is 3.69. The minimum Gasteiger partial charge on any atom is -0.398 e. The Hall–Kier alpha value is -7.29. The molecule has 0 unspecified atom stereocenters. The van der Waals surface area contributed by atoms with Gasteiger partial charge in [0, 0.05) is 27.7 Å². The van der Waals surface area contributed by atoms with Gasteiger partial charge in [-0.05, 0) is 106 Å². The number of fused-ring (bicyclic) bond motifs is 9. The van der Waals surface area contributed by atoms with Crippen molar-refractivity contribution in [3.8, 4) is 44.5 Å². The third-order valence-electron chi connectivity index (χ3n) is 13.8. The van der Waals surface area contributed by atoms with E-state index >= 15 is 0 Å². The van der Waals surface area contributed by atoms with Crippen LogP contribution in [0.5, 0.6) is 0 Å². The van der Waals surface area contributed by atoms with Gasteiger partial charge in [-0.15, -0.1) is 0 Å². The minimum absolute atomic E-state index is 0.0512. The van der Waals surface area contributed by atoms with Crippen LogP contribution in [0.3, 0.4) is 0 Å². The van der Waals surface area contributed by atoms with E-state index in [2.05, 4.69) is 216 Å². The highest BCUT2D eigenvalue weighted by Gasteiger charge is 2.38. The van der Waals surface area contributed by atoms with Crippen LogP contribution < -0.4 is 5.73 Å². The summed E-state index contributed by atoms with van der Waals surface area (Å²) in [6, 6.07) is 68.5. The summed E-state index contributed by atoms with van der Waals surface area (Å²) in [6.45, 7) is 9.90. The molecule has 2 aliphatic rings. The van der Waals surface area contributed by atoms with Gasteiger partial charge in [0.2, 0.25) is 0 Å². The zero-order valence-corrected chi connectivity index (χ0v) is 35.7. The highest BCUT2D eigenvalue weighted by atomic mass is 14.7. The molecule has 0 aromatic heterocycles. The lowest BCUT2D eigenvalue weighted by molar-refractivity contribution is 0.660. The Morgan fingerprint density at radius 1 is 0.452 bits per heavy atom. The SMILES string of the molecule is CC1(C)c2ccccc2-c2c(C(/C=C(\N)c3ccc(-c4ccc(-c5ccc6c(c5)-c5c(ccc7ccccc57)C6(C)C)cc4)c4ccccc34)=NCc3ccccc3)cccc21. The first-order valence-corrected chi connectivity index (χ1v) is 21.8.